The van der Waals surface area contributed by atoms with Crippen molar-refractivity contribution in [2.45, 2.75) is 37.8 Å². The Kier molecular flexibility index (Phi) is 4.98. The van der Waals surface area contributed by atoms with E-state index in [-0.39, 0.29) is 0 Å². The largest absolute Gasteiger partial charge is 0.311 e. The fraction of sp³-hybridized carbons (Fsp3) is 0.571. The van der Waals surface area contributed by atoms with Gasteiger partial charge in [-0.05, 0) is 43.4 Å². The lowest BCUT2D eigenvalue weighted by Crippen LogP contribution is -2.46. The smallest absolute Gasteiger partial charge is 0.0383 e. The van der Waals surface area contributed by atoms with Crippen LogP contribution >= 0.6 is 15.9 Å². The summed E-state index contributed by atoms with van der Waals surface area (Å²) < 4.78 is 12.3. The number of halogens is 1. The van der Waals surface area contributed by atoms with Crippen molar-refractivity contribution in [3.05, 3.63) is 34.3 Å². The van der Waals surface area contributed by atoms with Gasteiger partial charge in [0.15, 0.2) is 0 Å². The fourth-order valence-electron chi connectivity index (χ4n) is 2.56. The third kappa shape index (κ3) is 3.90. The highest BCUT2D eigenvalue weighted by Gasteiger charge is 2.30. The van der Waals surface area contributed by atoms with Gasteiger partial charge in [0.25, 0.3) is 0 Å². The molecule has 0 amide bonds. The van der Waals surface area contributed by atoms with E-state index in [2.05, 4.69) is 52.4 Å². The molecule has 0 aliphatic heterocycles. The first kappa shape index (κ1) is 14.2. The summed E-state index contributed by atoms with van der Waals surface area (Å²) in [6, 6.07) is 9.58. The van der Waals surface area contributed by atoms with Crippen LogP contribution in [0, 0.1) is 0 Å². The average molecular weight is 330 g/mol. The quantitative estimate of drug-likeness (QED) is 0.899. The van der Waals surface area contributed by atoms with Gasteiger partial charge in [0.2, 0.25) is 0 Å². The van der Waals surface area contributed by atoms with Gasteiger partial charge in [-0.1, -0.05) is 28.1 Å². The van der Waals surface area contributed by atoms with Gasteiger partial charge in [-0.2, -0.15) is 0 Å². The van der Waals surface area contributed by atoms with Crippen molar-refractivity contribution in [1.29, 1.82) is 0 Å². The van der Waals surface area contributed by atoms with Gasteiger partial charge in [-0.25, -0.2) is 0 Å². The molecule has 0 heterocycles. The molecule has 0 saturated heterocycles. The van der Waals surface area contributed by atoms with Crippen molar-refractivity contribution in [3.8, 4) is 0 Å². The van der Waals surface area contributed by atoms with E-state index in [0.717, 1.165) is 10.2 Å². The van der Waals surface area contributed by atoms with Crippen molar-refractivity contribution >= 4 is 26.7 Å². The highest BCUT2D eigenvalue weighted by molar-refractivity contribution is 9.10. The van der Waals surface area contributed by atoms with Crippen LogP contribution in [0.4, 0.5) is 0 Å². The molecular weight excluding hydrogens is 310 g/mol. The van der Waals surface area contributed by atoms with Crippen molar-refractivity contribution in [2.75, 3.05) is 12.0 Å². The number of hydrogen-bond acceptors (Lipinski definition) is 2. The first-order chi connectivity index (χ1) is 8.54. The standard InChI is InChI=1S/C14H20BrNOS/c1-10(9-18(2)17)16-14-7-12(8-14)11-3-5-13(15)6-4-11/h3-6,10,12,14,16H,7-9H2,1-2H3. The zero-order valence-corrected chi connectivity index (χ0v) is 13.3. The van der Waals surface area contributed by atoms with Gasteiger partial charge in [-0.15, -0.1) is 0 Å². The van der Waals surface area contributed by atoms with Gasteiger partial charge in [0.1, 0.15) is 0 Å². The van der Waals surface area contributed by atoms with Crippen LogP contribution in [0.5, 0.6) is 0 Å². The van der Waals surface area contributed by atoms with Crippen LogP contribution in [0.3, 0.4) is 0 Å². The maximum Gasteiger partial charge on any atom is 0.0383 e. The topological polar surface area (TPSA) is 29.1 Å². The summed E-state index contributed by atoms with van der Waals surface area (Å²) in [7, 11) is -0.705. The number of hydrogen-bond donors (Lipinski definition) is 1. The molecule has 0 spiro atoms. The van der Waals surface area contributed by atoms with E-state index < -0.39 is 10.8 Å². The Morgan fingerprint density at radius 3 is 2.56 bits per heavy atom. The molecular formula is C14H20BrNOS. The van der Waals surface area contributed by atoms with Gasteiger partial charge < -0.3 is 5.32 Å². The minimum absolute atomic E-state index is 0.353. The molecule has 1 aliphatic carbocycles. The minimum atomic E-state index is -0.705. The summed E-state index contributed by atoms with van der Waals surface area (Å²) in [6.07, 6.45) is 4.16. The predicted octanol–water partition coefficient (Wildman–Crippen LogP) is 3.05. The Balaban J connectivity index is 1.77. The number of rotatable bonds is 5. The zero-order chi connectivity index (χ0) is 13.1. The lowest BCUT2D eigenvalue weighted by molar-refractivity contribution is 0.276. The number of benzene rings is 1. The predicted molar refractivity (Wildman–Crippen MR) is 81.4 cm³/mol. The monoisotopic (exact) mass is 329 g/mol. The molecule has 1 fully saturated rings. The van der Waals surface area contributed by atoms with Crippen molar-refractivity contribution in [3.63, 3.8) is 0 Å². The minimum Gasteiger partial charge on any atom is -0.311 e. The Morgan fingerprint density at radius 2 is 2.00 bits per heavy atom. The average Bonchev–Trinajstić information content (AvgIpc) is 2.23. The van der Waals surface area contributed by atoms with Crippen molar-refractivity contribution in [2.24, 2.45) is 0 Å². The normalized spacial score (nSPS) is 26.4. The second-order valence-electron chi connectivity index (χ2n) is 5.22. The molecule has 0 radical (unpaired) electrons. The molecule has 0 aromatic heterocycles. The highest BCUT2D eigenvalue weighted by atomic mass is 79.9. The first-order valence-corrected chi connectivity index (χ1v) is 8.88. The van der Waals surface area contributed by atoms with Gasteiger partial charge >= 0.3 is 0 Å². The van der Waals surface area contributed by atoms with Crippen LogP contribution in [0.25, 0.3) is 0 Å². The molecule has 100 valence electrons. The summed E-state index contributed by atoms with van der Waals surface area (Å²) in [5, 5.41) is 3.56. The lowest BCUT2D eigenvalue weighted by atomic mass is 9.75. The molecule has 2 rings (SSSR count). The van der Waals surface area contributed by atoms with Crippen LogP contribution in [-0.4, -0.2) is 28.3 Å². The van der Waals surface area contributed by atoms with Crippen molar-refractivity contribution < 1.29 is 4.21 Å². The summed E-state index contributed by atoms with van der Waals surface area (Å²) >= 11 is 3.46. The van der Waals surface area contributed by atoms with E-state index in [4.69, 9.17) is 0 Å². The molecule has 1 N–H and O–H groups in total. The number of nitrogens with one attached hydrogen (secondary N) is 1. The van der Waals surface area contributed by atoms with E-state index in [1.165, 1.54) is 18.4 Å². The first-order valence-electron chi connectivity index (χ1n) is 6.36. The molecule has 4 heteroatoms. The van der Waals surface area contributed by atoms with Gasteiger partial charge in [0, 0.05) is 39.4 Å². The molecule has 1 aliphatic rings. The molecule has 1 saturated carbocycles. The molecule has 1 aromatic rings. The zero-order valence-electron chi connectivity index (χ0n) is 10.9. The molecule has 0 bridgehead atoms. The fourth-order valence-corrected chi connectivity index (χ4v) is 3.63. The Labute approximate surface area is 120 Å². The van der Waals surface area contributed by atoms with E-state index in [1.54, 1.807) is 6.26 Å². The molecule has 18 heavy (non-hydrogen) atoms. The molecule has 2 atom stereocenters. The summed E-state index contributed by atoms with van der Waals surface area (Å²) in [5.41, 5.74) is 1.43. The maximum atomic E-state index is 11.1. The van der Waals surface area contributed by atoms with Crippen LogP contribution in [0.2, 0.25) is 0 Å². The maximum absolute atomic E-state index is 11.1. The van der Waals surface area contributed by atoms with Gasteiger partial charge in [-0.3, -0.25) is 4.21 Å². The van der Waals surface area contributed by atoms with E-state index in [9.17, 15) is 4.21 Å². The third-order valence-electron chi connectivity index (χ3n) is 3.48. The summed E-state index contributed by atoms with van der Waals surface area (Å²) in [6.45, 7) is 2.12. The Hall–Kier alpha value is -0.190. The lowest BCUT2D eigenvalue weighted by Gasteiger charge is -2.38. The SMILES string of the molecule is CC(CS(C)=O)NC1CC(c2ccc(Br)cc2)C1. The molecule has 2 nitrogen and oxygen atoms in total. The third-order valence-corrected chi connectivity index (χ3v) is 4.98. The van der Waals surface area contributed by atoms with Gasteiger partial charge in [0.05, 0.1) is 0 Å². The Bertz CT molecular complexity index is 414. The van der Waals surface area contributed by atoms with E-state index in [1.807, 2.05) is 0 Å². The Morgan fingerprint density at radius 1 is 1.39 bits per heavy atom. The van der Waals surface area contributed by atoms with Crippen LogP contribution in [0.1, 0.15) is 31.2 Å². The second kappa shape index (κ2) is 6.31. The molecule has 2 unspecified atom stereocenters. The summed E-state index contributed by atoms with van der Waals surface area (Å²) in [5.74, 6) is 1.44. The van der Waals surface area contributed by atoms with E-state index in [0.29, 0.717) is 18.0 Å². The van der Waals surface area contributed by atoms with Crippen LogP contribution < -0.4 is 5.32 Å². The van der Waals surface area contributed by atoms with Crippen molar-refractivity contribution in [1.82, 2.24) is 5.32 Å². The van der Waals surface area contributed by atoms with Crippen LogP contribution in [-0.2, 0) is 10.8 Å². The van der Waals surface area contributed by atoms with Crippen LogP contribution in [0.15, 0.2) is 28.7 Å². The van der Waals surface area contributed by atoms with E-state index >= 15 is 0 Å². The highest BCUT2D eigenvalue weighted by Crippen LogP contribution is 2.37. The molecule has 1 aromatic carbocycles. The second-order valence-corrected chi connectivity index (χ2v) is 7.62. The summed E-state index contributed by atoms with van der Waals surface area (Å²) in [4.78, 5) is 0.